The van der Waals surface area contributed by atoms with Crippen molar-refractivity contribution in [1.29, 1.82) is 0 Å². The molecule has 3 N–H and O–H groups in total. The highest BCUT2D eigenvalue weighted by molar-refractivity contribution is 9.10. The highest BCUT2D eigenvalue weighted by Crippen LogP contribution is 2.42. The summed E-state index contributed by atoms with van der Waals surface area (Å²) in [5.41, 5.74) is 7.88. The zero-order chi connectivity index (χ0) is 21.4. The number of aromatic nitrogens is 2. The van der Waals surface area contributed by atoms with Crippen LogP contribution in [0.1, 0.15) is 48.1 Å². The number of carbonyl (C=O) groups excluding carboxylic acids is 1. The van der Waals surface area contributed by atoms with Gasteiger partial charge in [-0.05, 0) is 24.5 Å². The van der Waals surface area contributed by atoms with E-state index in [-0.39, 0.29) is 18.4 Å². The predicted octanol–water partition coefficient (Wildman–Crippen LogP) is 2.31. The summed E-state index contributed by atoms with van der Waals surface area (Å²) in [4.78, 5) is 25.7. The van der Waals surface area contributed by atoms with Crippen LogP contribution < -0.4 is 10.6 Å². The Bertz CT molecular complexity index is 951. The maximum atomic E-state index is 14.4. The third-order valence-electron chi connectivity index (χ3n) is 6.04. The van der Waals surface area contributed by atoms with Crippen molar-refractivity contribution in [2.24, 2.45) is 5.73 Å². The highest BCUT2D eigenvalue weighted by atomic mass is 79.9. The van der Waals surface area contributed by atoms with E-state index in [0.717, 1.165) is 11.4 Å². The van der Waals surface area contributed by atoms with Gasteiger partial charge in [-0.1, -0.05) is 28.9 Å². The van der Waals surface area contributed by atoms with Gasteiger partial charge in [0.1, 0.15) is 18.0 Å². The van der Waals surface area contributed by atoms with Gasteiger partial charge in [-0.2, -0.15) is 0 Å². The standard InChI is InChI=1S/C21H25BrFN5O2/c1-12-8-17(29)19-18(12)20(26-11-25-19)27-4-6-28(7-5-27)21(30)15(10-24)14-3-2-13(22)9-16(14)23/h2-3,9,11-12,15,17,29H,4-8,10,24H2,1H3/t12?,15-,17-/m1/s1. The second-order valence-corrected chi connectivity index (χ2v) is 8.83. The number of anilines is 1. The first kappa shape index (κ1) is 21.1. The molecule has 160 valence electrons. The van der Waals surface area contributed by atoms with Crippen LogP contribution >= 0.6 is 15.9 Å². The Balaban J connectivity index is 1.48. The third-order valence-corrected chi connectivity index (χ3v) is 6.53. The van der Waals surface area contributed by atoms with Gasteiger partial charge < -0.3 is 20.6 Å². The molecule has 0 radical (unpaired) electrons. The zero-order valence-electron chi connectivity index (χ0n) is 16.8. The van der Waals surface area contributed by atoms with Crippen molar-refractivity contribution in [3.8, 4) is 0 Å². The Labute approximate surface area is 183 Å². The van der Waals surface area contributed by atoms with Gasteiger partial charge in [0.15, 0.2) is 0 Å². The molecule has 1 fully saturated rings. The molecule has 0 saturated carbocycles. The van der Waals surface area contributed by atoms with E-state index in [1.807, 2.05) is 0 Å². The van der Waals surface area contributed by atoms with Crippen molar-refractivity contribution in [2.75, 3.05) is 37.6 Å². The number of fused-ring (bicyclic) bond motifs is 1. The Kier molecular flexibility index (Phi) is 6.04. The molecule has 1 aromatic carbocycles. The molecule has 1 aliphatic heterocycles. The number of benzene rings is 1. The Morgan fingerprint density at radius 1 is 1.33 bits per heavy atom. The molecule has 2 heterocycles. The number of nitrogens with zero attached hydrogens (tertiary/aromatic N) is 4. The Morgan fingerprint density at radius 3 is 2.73 bits per heavy atom. The molecule has 1 saturated heterocycles. The topological polar surface area (TPSA) is 95.6 Å². The monoisotopic (exact) mass is 477 g/mol. The van der Waals surface area contributed by atoms with E-state index in [1.165, 1.54) is 12.4 Å². The number of nitrogens with two attached hydrogens (primary N) is 1. The summed E-state index contributed by atoms with van der Waals surface area (Å²) in [5, 5.41) is 10.2. The number of rotatable bonds is 4. The molecule has 1 amide bonds. The molecule has 7 nitrogen and oxygen atoms in total. The lowest BCUT2D eigenvalue weighted by Gasteiger charge is -2.37. The van der Waals surface area contributed by atoms with Crippen LogP contribution in [0.15, 0.2) is 29.0 Å². The van der Waals surface area contributed by atoms with Gasteiger partial charge >= 0.3 is 0 Å². The van der Waals surface area contributed by atoms with Gasteiger partial charge in [-0.3, -0.25) is 4.79 Å². The average molecular weight is 478 g/mol. The van der Waals surface area contributed by atoms with E-state index in [4.69, 9.17) is 5.73 Å². The fourth-order valence-electron chi connectivity index (χ4n) is 4.46. The van der Waals surface area contributed by atoms with E-state index < -0.39 is 17.8 Å². The number of piperazine rings is 1. The molecule has 0 spiro atoms. The molecule has 1 aliphatic carbocycles. The van der Waals surface area contributed by atoms with Gasteiger partial charge in [0, 0.05) is 48.3 Å². The van der Waals surface area contributed by atoms with E-state index in [1.54, 1.807) is 17.0 Å². The maximum Gasteiger partial charge on any atom is 0.231 e. The fourth-order valence-corrected chi connectivity index (χ4v) is 4.79. The van der Waals surface area contributed by atoms with Crippen molar-refractivity contribution in [3.05, 3.63) is 51.6 Å². The molecule has 2 aliphatic rings. The van der Waals surface area contributed by atoms with Gasteiger partial charge in [0.25, 0.3) is 0 Å². The minimum atomic E-state index is -0.705. The van der Waals surface area contributed by atoms with Crippen molar-refractivity contribution >= 4 is 27.7 Å². The van der Waals surface area contributed by atoms with E-state index in [0.29, 0.717) is 48.3 Å². The smallest absolute Gasteiger partial charge is 0.231 e. The zero-order valence-corrected chi connectivity index (χ0v) is 18.3. The summed E-state index contributed by atoms with van der Waals surface area (Å²) in [5.74, 6) is -0.271. The predicted molar refractivity (Wildman–Crippen MR) is 115 cm³/mol. The van der Waals surface area contributed by atoms with Crippen LogP contribution in [0.25, 0.3) is 0 Å². The van der Waals surface area contributed by atoms with Crippen LogP contribution in [0.5, 0.6) is 0 Å². The lowest BCUT2D eigenvalue weighted by atomic mass is 9.96. The molecule has 0 bridgehead atoms. The summed E-state index contributed by atoms with van der Waals surface area (Å²) in [6.45, 7) is 4.34. The Hall–Kier alpha value is -2.10. The van der Waals surface area contributed by atoms with Crippen molar-refractivity contribution < 1.29 is 14.3 Å². The first-order valence-corrected chi connectivity index (χ1v) is 10.9. The van der Waals surface area contributed by atoms with Gasteiger partial charge in [-0.15, -0.1) is 0 Å². The molecule has 3 atom stereocenters. The van der Waals surface area contributed by atoms with Gasteiger partial charge in [0.2, 0.25) is 5.91 Å². The van der Waals surface area contributed by atoms with Crippen molar-refractivity contribution in [2.45, 2.75) is 31.3 Å². The summed E-state index contributed by atoms with van der Waals surface area (Å²) in [7, 11) is 0. The summed E-state index contributed by atoms with van der Waals surface area (Å²) in [6, 6.07) is 4.69. The minimum Gasteiger partial charge on any atom is -0.387 e. The van der Waals surface area contributed by atoms with Crippen molar-refractivity contribution in [1.82, 2.24) is 14.9 Å². The van der Waals surface area contributed by atoms with E-state index in [2.05, 4.69) is 37.7 Å². The fraction of sp³-hybridized carbons (Fsp3) is 0.476. The van der Waals surface area contributed by atoms with Crippen LogP contribution in [0, 0.1) is 5.82 Å². The van der Waals surface area contributed by atoms with E-state index >= 15 is 0 Å². The van der Waals surface area contributed by atoms with Crippen LogP contribution in [-0.4, -0.2) is 58.6 Å². The number of hydrogen-bond donors (Lipinski definition) is 2. The molecule has 1 unspecified atom stereocenters. The molecule has 9 heteroatoms. The third kappa shape index (κ3) is 3.81. The summed E-state index contributed by atoms with van der Waals surface area (Å²) >= 11 is 3.24. The second kappa shape index (κ2) is 8.56. The molecule has 1 aromatic heterocycles. The molecular weight excluding hydrogens is 453 g/mol. The minimum absolute atomic E-state index is 0.0480. The summed E-state index contributed by atoms with van der Waals surface area (Å²) < 4.78 is 15.0. The number of aliphatic hydroxyl groups is 1. The number of hydrogen-bond acceptors (Lipinski definition) is 6. The molecule has 2 aromatic rings. The summed E-state index contributed by atoms with van der Waals surface area (Å²) in [6.07, 6.45) is 1.59. The van der Waals surface area contributed by atoms with Crippen LogP contribution in [0.4, 0.5) is 10.2 Å². The van der Waals surface area contributed by atoms with Crippen LogP contribution in [0.2, 0.25) is 0 Å². The molecule has 30 heavy (non-hydrogen) atoms. The van der Waals surface area contributed by atoms with Gasteiger partial charge in [0.05, 0.1) is 17.7 Å². The molecule has 4 rings (SSSR count). The number of amides is 1. The molecular formula is C21H25BrFN5O2. The number of halogens is 2. The lowest BCUT2D eigenvalue weighted by molar-refractivity contribution is -0.133. The van der Waals surface area contributed by atoms with Crippen LogP contribution in [-0.2, 0) is 4.79 Å². The normalized spacial score (nSPS) is 22.2. The highest BCUT2D eigenvalue weighted by Gasteiger charge is 2.35. The largest absolute Gasteiger partial charge is 0.387 e. The maximum absolute atomic E-state index is 14.4. The number of aliphatic hydroxyl groups excluding tert-OH is 1. The quantitative estimate of drug-likeness (QED) is 0.701. The van der Waals surface area contributed by atoms with Crippen LogP contribution in [0.3, 0.4) is 0 Å². The SMILES string of the molecule is CC1C[C@@H](O)c2ncnc(N3CCN(C(=O)[C@H](CN)c4ccc(Br)cc4F)CC3)c21. The van der Waals surface area contributed by atoms with E-state index in [9.17, 15) is 14.3 Å². The first-order valence-electron chi connectivity index (χ1n) is 10.1. The first-order chi connectivity index (χ1) is 14.4. The lowest BCUT2D eigenvalue weighted by Crippen LogP contribution is -2.51. The van der Waals surface area contributed by atoms with Gasteiger partial charge in [-0.25, -0.2) is 14.4 Å². The Morgan fingerprint density at radius 2 is 2.07 bits per heavy atom. The second-order valence-electron chi connectivity index (χ2n) is 7.92. The number of carbonyl (C=O) groups is 1. The average Bonchev–Trinajstić information content (AvgIpc) is 3.04. The van der Waals surface area contributed by atoms with Crippen molar-refractivity contribution in [3.63, 3.8) is 0 Å².